The van der Waals surface area contributed by atoms with E-state index in [4.69, 9.17) is 10.2 Å². The van der Waals surface area contributed by atoms with Gasteiger partial charge in [0.15, 0.2) is 0 Å². The van der Waals surface area contributed by atoms with Crippen molar-refractivity contribution in [3.63, 3.8) is 0 Å². The number of aromatic hydroxyl groups is 1. The van der Waals surface area contributed by atoms with E-state index in [0.29, 0.717) is 0 Å². The molecule has 2 aromatic rings. The molecule has 0 saturated heterocycles. The number of rotatable bonds is 1. The van der Waals surface area contributed by atoms with Crippen molar-refractivity contribution in [1.29, 1.82) is 0 Å². The van der Waals surface area contributed by atoms with Crippen molar-refractivity contribution in [2.24, 2.45) is 0 Å². The maximum absolute atomic E-state index is 11.1. The number of carbonyl (C=O) groups is 2. The predicted octanol–water partition coefficient (Wildman–Crippen LogP) is 0.561. The molecule has 1 aliphatic heterocycles. The van der Waals surface area contributed by atoms with Gasteiger partial charge < -0.3 is 10.2 Å². The monoisotopic (exact) mass is 345 g/mol. The summed E-state index contributed by atoms with van der Waals surface area (Å²) in [5.41, 5.74) is 0.398. The van der Waals surface area contributed by atoms with Gasteiger partial charge in [-0.3, -0.25) is 4.79 Å². The number of carboxylic acid groups (broad SMARTS) is 1. The van der Waals surface area contributed by atoms with Crippen LogP contribution in [0.1, 0.15) is 20.7 Å². The standard InChI is InChI=1S/C7H5NO3S.C7H6O3.Na.H/c9-7-5-3-1-2-4-6(5)12(10,11)8-7;8-6-3-1-5(2-4-6)7(9)10;;/h1-4H,(H,8,9);1-4,8H,(H,9,10);;. The van der Waals surface area contributed by atoms with E-state index in [9.17, 15) is 18.0 Å². The van der Waals surface area contributed by atoms with Crippen LogP contribution in [0.2, 0.25) is 0 Å². The minimum atomic E-state index is -3.55. The van der Waals surface area contributed by atoms with Gasteiger partial charge >= 0.3 is 35.5 Å². The zero-order chi connectivity index (χ0) is 16.3. The summed E-state index contributed by atoms with van der Waals surface area (Å²) in [5, 5.41) is 17.1. The molecule has 0 radical (unpaired) electrons. The number of benzene rings is 2. The Kier molecular flexibility index (Phi) is 6.34. The summed E-state index contributed by atoms with van der Waals surface area (Å²) >= 11 is 0. The Morgan fingerprint density at radius 1 is 1.00 bits per heavy atom. The Morgan fingerprint density at radius 2 is 1.57 bits per heavy atom. The van der Waals surface area contributed by atoms with Gasteiger partial charge in [-0.05, 0) is 36.4 Å². The summed E-state index contributed by atoms with van der Waals surface area (Å²) < 4.78 is 24.2. The van der Waals surface area contributed by atoms with Crippen molar-refractivity contribution in [3.8, 4) is 5.75 Å². The third-order valence-electron chi connectivity index (χ3n) is 2.76. The SMILES string of the molecule is O=C(O)c1ccc(O)cc1.O=C1NS(=O)(=O)c2ccccc21.[NaH]. The third-order valence-corrected chi connectivity index (χ3v) is 4.15. The van der Waals surface area contributed by atoms with Crippen LogP contribution in [0, 0.1) is 0 Å². The van der Waals surface area contributed by atoms with Crippen molar-refractivity contribution in [3.05, 3.63) is 59.7 Å². The second kappa shape index (κ2) is 7.60. The Bertz CT molecular complexity index is 833. The molecule has 0 saturated carbocycles. The molecule has 1 aliphatic rings. The first-order valence-electron chi connectivity index (χ1n) is 6.00. The fourth-order valence-corrected chi connectivity index (χ4v) is 2.90. The van der Waals surface area contributed by atoms with Crippen LogP contribution >= 0.6 is 0 Å². The molecule has 0 aromatic heterocycles. The van der Waals surface area contributed by atoms with Crippen LogP contribution in [-0.4, -0.2) is 60.1 Å². The molecule has 23 heavy (non-hydrogen) atoms. The van der Waals surface area contributed by atoms with Crippen LogP contribution in [-0.2, 0) is 10.0 Å². The average molecular weight is 345 g/mol. The number of carboxylic acids is 1. The number of fused-ring (bicyclic) bond motifs is 1. The summed E-state index contributed by atoms with van der Waals surface area (Å²) in [6, 6.07) is 11.5. The normalized spacial score (nSPS) is 13.7. The molecule has 116 valence electrons. The topological polar surface area (TPSA) is 121 Å². The summed E-state index contributed by atoms with van der Waals surface area (Å²) in [4.78, 5) is 21.3. The second-order valence-corrected chi connectivity index (χ2v) is 5.93. The Morgan fingerprint density at radius 3 is 2.09 bits per heavy atom. The summed E-state index contributed by atoms with van der Waals surface area (Å²) in [7, 11) is -3.55. The fourth-order valence-electron chi connectivity index (χ4n) is 1.72. The maximum atomic E-state index is 11.1. The number of hydrogen-bond acceptors (Lipinski definition) is 5. The Hall–Kier alpha value is -1.87. The molecule has 9 heteroatoms. The van der Waals surface area contributed by atoms with Crippen molar-refractivity contribution >= 4 is 51.5 Å². The first-order valence-corrected chi connectivity index (χ1v) is 7.48. The number of sulfonamides is 1. The fraction of sp³-hybridized carbons (Fsp3) is 0. The molecule has 0 unspecified atom stereocenters. The molecule has 0 bridgehead atoms. The van der Waals surface area contributed by atoms with E-state index in [1.54, 1.807) is 12.1 Å². The number of hydrogen-bond donors (Lipinski definition) is 3. The molecular formula is C14H12NNaO6S. The van der Waals surface area contributed by atoms with Crippen molar-refractivity contribution < 1.29 is 28.2 Å². The van der Waals surface area contributed by atoms with Crippen LogP contribution in [0.4, 0.5) is 0 Å². The van der Waals surface area contributed by atoms with Gasteiger partial charge in [0, 0.05) is 0 Å². The second-order valence-electron chi connectivity index (χ2n) is 4.28. The van der Waals surface area contributed by atoms with Crippen molar-refractivity contribution in [1.82, 2.24) is 4.72 Å². The zero-order valence-corrected chi connectivity index (χ0v) is 11.9. The molecule has 0 aliphatic carbocycles. The van der Waals surface area contributed by atoms with Gasteiger partial charge in [-0.2, -0.15) is 0 Å². The molecule has 3 rings (SSSR count). The van der Waals surface area contributed by atoms with Crippen LogP contribution in [0.15, 0.2) is 53.4 Å². The van der Waals surface area contributed by atoms with Gasteiger partial charge in [-0.1, -0.05) is 12.1 Å². The molecule has 7 nitrogen and oxygen atoms in total. The number of nitrogens with one attached hydrogen (secondary N) is 1. The number of phenolic OH excluding ortho intramolecular Hbond substituents is 1. The minimum absolute atomic E-state index is 0. The van der Waals surface area contributed by atoms with Gasteiger partial charge in [0.1, 0.15) is 10.6 Å². The average Bonchev–Trinajstić information content (AvgIpc) is 2.71. The van der Waals surface area contributed by atoms with E-state index >= 15 is 0 Å². The molecule has 0 fully saturated rings. The molecule has 0 spiro atoms. The number of phenols is 1. The van der Waals surface area contributed by atoms with E-state index in [-0.39, 0.29) is 51.3 Å². The van der Waals surface area contributed by atoms with Crippen LogP contribution in [0.5, 0.6) is 5.75 Å². The number of aromatic carboxylic acids is 1. The van der Waals surface area contributed by atoms with Gasteiger partial charge in [0.25, 0.3) is 15.9 Å². The zero-order valence-electron chi connectivity index (χ0n) is 11.1. The number of amides is 1. The first-order chi connectivity index (χ1) is 10.3. The van der Waals surface area contributed by atoms with Crippen molar-refractivity contribution in [2.45, 2.75) is 4.90 Å². The summed E-state index contributed by atoms with van der Waals surface area (Å²) in [6.07, 6.45) is 0. The molecule has 1 heterocycles. The predicted molar refractivity (Wildman–Crippen MR) is 83.3 cm³/mol. The van der Waals surface area contributed by atoms with Gasteiger partial charge in [0.05, 0.1) is 11.1 Å². The van der Waals surface area contributed by atoms with E-state index in [1.807, 2.05) is 4.72 Å². The van der Waals surface area contributed by atoms with Gasteiger partial charge in [-0.15, -0.1) is 0 Å². The van der Waals surface area contributed by atoms with Crippen LogP contribution < -0.4 is 4.72 Å². The summed E-state index contributed by atoms with van der Waals surface area (Å²) in [5.74, 6) is -1.46. The molecule has 2 aromatic carbocycles. The molecule has 0 atom stereocenters. The first kappa shape index (κ1) is 19.2. The molecule has 1 amide bonds. The van der Waals surface area contributed by atoms with Gasteiger partial charge in [0.2, 0.25) is 0 Å². The third kappa shape index (κ3) is 4.55. The Labute approximate surface area is 154 Å². The Balaban J connectivity index is 0.000000224. The van der Waals surface area contributed by atoms with Crippen LogP contribution in [0.3, 0.4) is 0 Å². The molecular weight excluding hydrogens is 333 g/mol. The van der Waals surface area contributed by atoms with E-state index in [2.05, 4.69) is 0 Å². The quantitative estimate of drug-likeness (QED) is 0.650. The van der Waals surface area contributed by atoms with E-state index < -0.39 is 21.9 Å². The number of carbonyl (C=O) groups excluding carboxylic acids is 1. The van der Waals surface area contributed by atoms with Gasteiger partial charge in [-0.25, -0.2) is 17.9 Å². The van der Waals surface area contributed by atoms with E-state index in [0.717, 1.165) is 0 Å². The van der Waals surface area contributed by atoms with Crippen molar-refractivity contribution in [2.75, 3.05) is 0 Å². The van der Waals surface area contributed by atoms with E-state index in [1.165, 1.54) is 36.4 Å². The molecule has 3 N–H and O–H groups in total. The van der Waals surface area contributed by atoms with Crippen LogP contribution in [0.25, 0.3) is 0 Å². The summed E-state index contributed by atoms with van der Waals surface area (Å²) in [6.45, 7) is 0.